The molecule has 1 N–H and O–H groups in total. The van der Waals surface area contributed by atoms with Crippen molar-refractivity contribution in [3.8, 4) is 0 Å². The van der Waals surface area contributed by atoms with E-state index >= 15 is 0 Å². The second-order valence-corrected chi connectivity index (χ2v) is 7.24. The van der Waals surface area contributed by atoms with Crippen molar-refractivity contribution < 1.29 is 9.32 Å². The number of rotatable bonds is 6. The Bertz CT molecular complexity index is 714. The first kappa shape index (κ1) is 17.0. The van der Waals surface area contributed by atoms with E-state index in [1.165, 1.54) is 47.7 Å². The quantitative estimate of drug-likeness (QED) is 0.869. The maximum atomic E-state index is 12.1. The molecule has 1 aliphatic rings. The summed E-state index contributed by atoms with van der Waals surface area (Å²) in [5.41, 5.74) is 4.09. The maximum Gasteiger partial charge on any atom is 0.236 e. The summed E-state index contributed by atoms with van der Waals surface area (Å²) in [5, 5.41) is 6.81. The lowest BCUT2D eigenvalue weighted by Gasteiger charge is -2.20. The van der Waals surface area contributed by atoms with Crippen LogP contribution in [0.4, 0.5) is 0 Å². The molecule has 1 aromatic carbocycles. The highest BCUT2D eigenvalue weighted by molar-refractivity contribution is 7.99. The lowest BCUT2D eigenvalue weighted by atomic mass is 9.89. The van der Waals surface area contributed by atoms with Crippen LogP contribution in [0.5, 0.6) is 0 Å². The van der Waals surface area contributed by atoms with Crippen LogP contribution in [0.1, 0.15) is 54.2 Å². The van der Waals surface area contributed by atoms with E-state index in [2.05, 4.69) is 33.7 Å². The third-order valence-corrected chi connectivity index (χ3v) is 5.20. The molecule has 1 heterocycles. The molecular formula is C18H23N3O2S. The molecule has 2 aromatic rings. The van der Waals surface area contributed by atoms with Gasteiger partial charge in [0.2, 0.25) is 11.8 Å². The zero-order valence-corrected chi connectivity index (χ0v) is 15.0. The summed E-state index contributed by atoms with van der Waals surface area (Å²) in [5.74, 6) is 2.16. The molecule has 0 bridgehead atoms. The highest BCUT2D eigenvalue weighted by Gasteiger charge is 2.14. The van der Waals surface area contributed by atoms with E-state index in [1.807, 2.05) is 6.92 Å². The van der Waals surface area contributed by atoms with Crippen LogP contribution < -0.4 is 5.32 Å². The molecule has 0 saturated heterocycles. The normalized spacial score (nSPS) is 14.9. The van der Waals surface area contributed by atoms with Gasteiger partial charge in [0.15, 0.2) is 5.82 Å². The molecule has 24 heavy (non-hydrogen) atoms. The van der Waals surface area contributed by atoms with Gasteiger partial charge in [0.05, 0.1) is 17.5 Å². The summed E-state index contributed by atoms with van der Waals surface area (Å²) in [6, 6.07) is 6.65. The van der Waals surface area contributed by atoms with Gasteiger partial charge in [-0.25, -0.2) is 0 Å². The number of carbonyl (C=O) groups excluding carboxylic acids is 1. The fraction of sp³-hybridized carbons (Fsp3) is 0.500. The van der Waals surface area contributed by atoms with E-state index < -0.39 is 0 Å². The van der Waals surface area contributed by atoms with Gasteiger partial charge in [-0.2, -0.15) is 4.98 Å². The SMILES string of the molecule is Cc1noc(CSCC(=O)NC(C)c2ccc3c(c2)CCCC3)n1. The van der Waals surface area contributed by atoms with E-state index in [4.69, 9.17) is 4.52 Å². The average Bonchev–Trinajstić information content (AvgIpc) is 2.99. The van der Waals surface area contributed by atoms with Gasteiger partial charge in [0, 0.05) is 0 Å². The topological polar surface area (TPSA) is 68.0 Å². The predicted molar refractivity (Wildman–Crippen MR) is 94.8 cm³/mol. The molecule has 6 heteroatoms. The molecule has 1 unspecified atom stereocenters. The van der Waals surface area contributed by atoms with Crippen molar-refractivity contribution in [2.75, 3.05) is 5.75 Å². The van der Waals surface area contributed by atoms with E-state index in [9.17, 15) is 4.79 Å². The van der Waals surface area contributed by atoms with Crippen LogP contribution in [-0.4, -0.2) is 21.8 Å². The van der Waals surface area contributed by atoms with Gasteiger partial charge in [0.1, 0.15) is 0 Å². The minimum Gasteiger partial charge on any atom is -0.349 e. The van der Waals surface area contributed by atoms with Crippen molar-refractivity contribution >= 4 is 17.7 Å². The summed E-state index contributed by atoms with van der Waals surface area (Å²) in [6.07, 6.45) is 4.89. The van der Waals surface area contributed by atoms with Gasteiger partial charge in [-0.1, -0.05) is 23.4 Å². The molecular weight excluding hydrogens is 322 g/mol. The summed E-state index contributed by atoms with van der Waals surface area (Å²) in [4.78, 5) is 16.2. The van der Waals surface area contributed by atoms with Gasteiger partial charge in [-0.3, -0.25) is 4.79 Å². The summed E-state index contributed by atoms with van der Waals surface area (Å²) < 4.78 is 5.04. The van der Waals surface area contributed by atoms with Gasteiger partial charge in [-0.05, 0) is 56.2 Å². The third kappa shape index (κ3) is 4.38. The Labute approximate surface area is 146 Å². The first-order chi connectivity index (χ1) is 11.6. The van der Waals surface area contributed by atoms with E-state index in [1.54, 1.807) is 6.92 Å². The number of hydrogen-bond donors (Lipinski definition) is 1. The smallest absolute Gasteiger partial charge is 0.236 e. The average molecular weight is 345 g/mol. The van der Waals surface area contributed by atoms with Gasteiger partial charge >= 0.3 is 0 Å². The Morgan fingerprint density at radius 1 is 1.33 bits per heavy atom. The third-order valence-electron chi connectivity index (χ3n) is 4.28. The van der Waals surface area contributed by atoms with Crippen molar-refractivity contribution in [2.24, 2.45) is 0 Å². The number of benzene rings is 1. The first-order valence-corrected chi connectivity index (χ1v) is 9.55. The Kier molecular flexibility index (Phi) is 5.56. The molecule has 1 aromatic heterocycles. The summed E-state index contributed by atoms with van der Waals surface area (Å²) >= 11 is 1.48. The first-order valence-electron chi connectivity index (χ1n) is 8.40. The number of carbonyl (C=O) groups is 1. The lowest BCUT2D eigenvalue weighted by Crippen LogP contribution is -2.28. The number of amides is 1. The van der Waals surface area contributed by atoms with Gasteiger partial charge in [-0.15, -0.1) is 11.8 Å². The molecule has 0 spiro atoms. The van der Waals surface area contributed by atoms with Crippen molar-refractivity contribution in [1.82, 2.24) is 15.5 Å². The van der Waals surface area contributed by atoms with Crippen LogP contribution >= 0.6 is 11.8 Å². The number of aryl methyl sites for hydroxylation is 3. The zero-order chi connectivity index (χ0) is 16.9. The standard InChI is InChI=1S/C18H23N3O2S/c1-12(15-8-7-14-5-3-4-6-16(14)9-15)19-17(22)10-24-11-18-20-13(2)21-23-18/h7-9,12H,3-6,10-11H2,1-2H3,(H,19,22). The lowest BCUT2D eigenvalue weighted by molar-refractivity contribution is -0.119. The molecule has 5 nitrogen and oxygen atoms in total. The Morgan fingerprint density at radius 3 is 2.88 bits per heavy atom. The summed E-state index contributed by atoms with van der Waals surface area (Å²) in [7, 11) is 0. The fourth-order valence-corrected chi connectivity index (χ4v) is 3.68. The molecule has 1 atom stereocenters. The number of fused-ring (bicyclic) bond motifs is 1. The molecule has 0 aliphatic heterocycles. The molecule has 0 saturated carbocycles. The molecule has 0 fully saturated rings. The molecule has 3 rings (SSSR count). The Balaban J connectivity index is 1.48. The minimum atomic E-state index is 0.0241. The van der Waals surface area contributed by atoms with Crippen LogP contribution in [0.15, 0.2) is 22.7 Å². The monoisotopic (exact) mass is 345 g/mol. The molecule has 0 radical (unpaired) electrons. The highest BCUT2D eigenvalue weighted by atomic mass is 32.2. The number of aromatic nitrogens is 2. The Hall–Kier alpha value is -1.82. The zero-order valence-electron chi connectivity index (χ0n) is 14.2. The van der Waals surface area contributed by atoms with Crippen LogP contribution in [0.2, 0.25) is 0 Å². The largest absolute Gasteiger partial charge is 0.349 e. The number of nitrogens with one attached hydrogen (secondary N) is 1. The van der Waals surface area contributed by atoms with E-state index in [0.717, 1.165) is 6.42 Å². The van der Waals surface area contributed by atoms with E-state index in [-0.39, 0.29) is 11.9 Å². The van der Waals surface area contributed by atoms with Crippen molar-refractivity contribution in [2.45, 2.75) is 51.3 Å². The highest BCUT2D eigenvalue weighted by Crippen LogP contribution is 2.24. The number of thioether (sulfide) groups is 1. The minimum absolute atomic E-state index is 0.0241. The van der Waals surface area contributed by atoms with Gasteiger partial charge in [0.25, 0.3) is 0 Å². The van der Waals surface area contributed by atoms with E-state index in [0.29, 0.717) is 23.2 Å². The van der Waals surface area contributed by atoms with Crippen LogP contribution in [-0.2, 0) is 23.4 Å². The Morgan fingerprint density at radius 2 is 2.12 bits per heavy atom. The van der Waals surface area contributed by atoms with Crippen LogP contribution in [0.3, 0.4) is 0 Å². The van der Waals surface area contributed by atoms with Crippen molar-refractivity contribution in [3.63, 3.8) is 0 Å². The summed E-state index contributed by atoms with van der Waals surface area (Å²) in [6.45, 7) is 3.82. The second-order valence-electron chi connectivity index (χ2n) is 6.25. The maximum absolute atomic E-state index is 12.1. The van der Waals surface area contributed by atoms with Crippen LogP contribution in [0.25, 0.3) is 0 Å². The number of hydrogen-bond acceptors (Lipinski definition) is 5. The molecule has 1 amide bonds. The second kappa shape index (κ2) is 7.83. The van der Waals surface area contributed by atoms with Crippen molar-refractivity contribution in [1.29, 1.82) is 0 Å². The fourth-order valence-electron chi connectivity index (χ4n) is 3.02. The van der Waals surface area contributed by atoms with Crippen molar-refractivity contribution in [3.05, 3.63) is 46.6 Å². The number of nitrogens with zero attached hydrogens (tertiary/aromatic N) is 2. The molecule has 128 valence electrons. The van der Waals surface area contributed by atoms with Crippen LogP contribution in [0, 0.1) is 6.92 Å². The van der Waals surface area contributed by atoms with Gasteiger partial charge < -0.3 is 9.84 Å². The molecule has 1 aliphatic carbocycles. The predicted octanol–water partition coefficient (Wildman–Crippen LogP) is 3.37.